The molecule has 0 saturated heterocycles. The fourth-order valence-electron chi connectivity index (χ4n) is 3.10. The highest BCUT2D eigenvalue weighted by molar-refractivity contribution is 7.91. The zero-order valence-electron chi connectivity index (χ0n) is 17.0. The van der Waals surface area contributed by atoms with Crippen molar-refractivity contribution in [2.75, 3.05) is 6.61 Å². The molecule has 4 aromatic rings. The number of ether oxygens (including phenoxy) is 1. The quantitative estimate of drug-likeness (QED) is 0.461. The van der Waals surface area contributed by atoms with Crippen LogP contribution in [0.25, 0.3) is 5.78 Å². The van der Waals surface area contributed by atoms with Gasteiger partial charge in [0.2, 0.25) is 15.6 Å². The molecule has 0 radical (unpaired) electrons. The summed E-state index contributed by atoms with van der Waals surface area (Å²) < 4.78 is 47.1. The van der Waals surface area contributed by atoms with Crippen LogP contribution in [-0.2, 0) is 16.4 Å². The third-order valence-electron chi connectivity index (χ3n) is 4.71. The number of benzene rings is 2. The Labute approximate surface area is 183 Å². The number of nitrogens with one attached hydrogen (secondary N) is 1. The molecule has 0 saturated carbocycles. The Bertz CT molecular complexity index is 1380. The number of halogens is 1. The average molecular weight is 454 g/mol. The van der Waals surface area contributed by atoms with E-state index in [0.717, 1.165) is 0 Å². The highest BCUT2D eigenvalue weighted by Gasteiger charge is 2.24. The first-order valence-electron chi connectivity index (χ1n) is 9.72. The summed E-state index contributed by atoms with van der Waals surface area (Å²) in [6, 6.07) is 9.89. The Kier molecular flexibility index (Phi) is 5.87. The molecule has 0 aliphatic carbocycles. The predicted octanol–water partition coefficient (Wildman–Crippen LogP) is 3.03. The lowest BCUT2D eigenvalue weighted by atomic mass is 10.2. The first-order chi connectivity index (χ1) is 15.4. The van der Waals surface area contributed by atoms with Crippen molar-refractivity contribution in [2.24, 2.45) is 0 Å². The lowest BCUT2D eigenvalue weighted by molar-refractivity contribution is 0.0950. The maximum Gasteiger partial charge on any atom is 0.254 e. The zero-order valence-corrected chi connectivity index (χ0v) is 17.8. The number of fused-ring (bicyclic) bond motifs is 1. The first kappa shape index (κ1) is 21.4. The zero-order chi connectivity index (χ0) is 22.7. The lowest BCUT2D eigenvalue weighted by Gasteiger charge is -2.10. The van der Waals surface area contributed by atoms with Gasteiger partial charge < -0.3 is 10.1 Å². The van der Waals surface area contributed by atoms with Crippen molar-refractivity contribution in [1.82, 2.24) is 19.7 Å². The molecule has 8 nitrogen and oxygen atoms in total. The number of hydrogen-bond acceptors (Lipinski definition) is 6. The van der Waals surface area contributed by atoms with Crippen LogP contribution in [0.1, 0.15) is 22.8 Å². The average Bonchev–Trinajstić information content (AvgIpc) is 3.27. The van der Waals surface area contributed by atoms with Crippen LogP contribution in [-0.4, -0.2) is 35.3 Å². The fourth-order valence-corrected chi connectivity index (χ4v) is 4.44. The van der Waals surface area contributed by atoms with Crippen LogP contribution in [0, 0.1) is 5.82 Å². The largest absolute Gasteiger partial charge is 0.491 e. The first-order valence-corrected chi connectivity index (χ1v) is 11.2. The van der Waals surface area contributed by atoms with Crippen molar-refractivity contribution in [3.63, 3.8) is 0 Å². The normalized spacial score (nSPS) is 11.4. The van der Waals surface area contributed by atoms with Crippen LogP contribution < -0.4 is 10.1 Å². The van der Waals surface area contributed by atoms with Gasteiger partial charge in [-0.05, 0) is 36.8 Å². The molecule has 2 aromatic carbocycles. The number of aromatic nitrogens is 3. The summed E-state index contributed by atoms with van der Waals surface area (Å²) in [5.41, 5.74) is 1.04. The maximum absolute atomic E-state index is 14.6. The van der Waals surface area contributed by atoms with Crippen molar-refractivity contribution >= 4 is 21.5 Å². The second kappa shape index (κ2) is 8.75. The number of carbonyl (C=O) groups is 1. The van der Waals surface area contributed by atoms with Gasteiger partial charge in [-0.2, -0.15) is 0 Å². The van der Waals surface area contributed by atoms with E-state index in [9.17, 15) is 17.6 Å². The highest BCUT2D eigenvalue weighted by atomic mass is 32.2. The number of sulfone groups is 1. The summed E-state index contributed by atoms with van der Waals surface area (Å²) in [4.78, 5) is 20.0. The number of carbonyl (C=O) groups excluding carboxylic acids is 1. The lowest BCUT2D eigenvalue weighted by Crippen LogP contribution is -2.23. The van der Waals surface area contributed by atoms with Gasteiger partial charge in [0.05, 0.1) is 17.1 Å². The van der Waals surface area contributed by atoms with E-state index in [1.165, 1.54) is 36.5 Å². The van der Waals surface area contributed by atoms with Crippen molar-refractivity contribution < 1.29 is 22.3 Å². The van der Waals surface area contributed by atoms with Crippen molar-refractivity contribution in [2.45, 2.75) is 23.3 Å². The summed E-state index contributed by atoms with van der Waals surface area (Å²) in [6.07, 6.45) is 6.31. The minimum atomic E-state index is -4.08. The number of rotatable bonds is 7. The molecule has 10 heteroatoms. The van der Waals surface area contributed by atoms with Gasteiger partial charge in [0.1, 0.15) is 4.90 Å². The minimum Gasteiger partial charge on any atom is -0.491 e. The smallest absolute Gasteiger partial charge is 0.254 e. The molecule has 0 aliphatic rings. The second-order valence-electron chi connectivity index (χ2n) is 6.81. The van der Waals surface area contributed by atoms with Gasteiger partial charge >= 0.3 is 0 Å². The third-order valence-corrected chi connectivity index (χ3v) is 6.50. The van der Waals surface area contributed by atoms with E-state index in [0.29, 0.717) is 16.9 Å². The Balaban J connectivity index is 1.48. The summed E-state index contributed by atoms with van der Waals surface area (Å²) in [7, 11) is -4.08. The molecule has 2 heterocycles. The van der Waals surface area contributed by atoms with E-state index < -0.39 is 20.5 Å². The molecule has 1 N–H and O–H groups in total. The molecular weight excluding hydrogens is 435 g/mol. The van der Waals surface area contributed by atoms with Gasteiger partial charge in [0.15, 0.2) is 11.6 Å². The van der Waals surface area contributed by atoms with E-state index in [4.69, 9.17) is 4.74 Å². The number of amides is 1. The molecule has 0 bridgehead atoms. The Morgan fingerprint density at radius 2 is 1.94 bits per heavy atom. The van der Waals surface area contributed by atoms with Gasteiger partial charge in [-0.3, -0.25) is 9.20 Å². The van der Waals surface area contributed by atoms with E-state index in [1.807, 2.05) is 0 Å². The minimum absolute atomic E-state index is 0.0603. The van der Waals surface area contributed by atoms with Crippen molar-refractivity contribution in [1.29, 1.82) is 0 Å². The van der Waals surface area contributed by atoms with Crippen LogP contribution >= 0.6 is 0 Å². The van der Waals surface area contributed by atoms with Crippen molar-refractivity contribution in [3.8, 4) is 5.75 Å². The molecule has 0 unspecified atom stereocenters. The van der Waals surface area contributed by atoms with Gasteiger partial charge in [0, 0.05) is 31.3 Å². The number of hydrogen-bond donors (Lipinski definition) is 1. The molecule has 0 fully saturated rings. The summed E-state index contributed by atoms with van der Waals surface area (Å²) >= 11 is 0. The summed E-state index contributed by atoms with van der Waals surface area (Å²) in [6.45, 7) is 2.08. The van der Waals surface area contributed by atoms with Crippen LogP contribution in [0.4, 0.5) is 4.39 Å². The Hall–Kier alpha value is -3.79. The highest BCUT2D eigenvalue weighted by Crippen LogP contribution is 2.29. The van der Waals surface area contributed by atoms with E-state index in [2.05, 4.69) is 15.3 Å². The topological polar surface area (TPSA) is 103 Å². The Morgan fingerprint density at radius 1 is 1.16 bits per heavy atom. The molecular formula is C22H19FN4O4S. The second-order valence-corrected chi connectivity index (χ2v) is 8.73. The van der Waals surface area contributed by atoms with E-state index in [1.54, 1.807) is 42.0 Å². The summed E-state index contributed by atoms with van der Waals surface area (Å²) in [5, 5.41) is 2.75. The molecule has 32 heavy (non-hydrogen) atoms. The molecule has 164 valence electrons. The number of imidazole rings is 1. The molecule has 2 aromatic heterocycles. The SMILES string of the molecule is CCOc1cccc(S(=O)(=O)c2ccc(CNC(=O)c3cnc4nccn4c3)cc2)c1F. The van der Waals surface area contributed by atoms with E-state index >= 15 is 0 Å². The molecule has 0 atom stereocenters. The molecule has 1 amide bonds. The standard InChI is InChI=1S/C22H19FN4O4S/c1-2-31-18-4-3-5-19(20(18)23)32(29,30)17-8-6-15(7-9-17)12-25-21(28)16-13-26-22-24-10-11-27(22)14-16/h3-11,13-14H,2,12H2,1H3,(H,25,28). The summed E-state index contributed by atoms with van der Waals surface area (Å²) in [5.74, 6) is -0.883. The van der Waals surface area contributed by atoms with Gasteiger partial charge in [-0.1, -0.05) is 18.2 Å². The fraction of sp³-hybridized carbons (Fsp3) is 0.136. The Morgan fingerprint density at radius 3 is 2.69 bits per heavy atom. The molecule has 4 rings (SSSR count). The maximum atomic E-state index is 14.6. The number of nitrogens with zero attached hydrogens (tertiary/aromatic N) is 3. The van der Waals surface area contributed by atoms with Gasteiger partial charge in [-0.25, -0.2) is 22.8 Å². The van der Waals surface area contributed by atoms with Gasteiger partial charge in [0.25, 0.3) is 5.91 Å². The van der Waals surface area contributed by atoms with Crippen LogP contribution in [0.2, 0.25) is 0 Å². The predicted molar refractivity (Wildman–Crippen MR) is 114 cm³/mol. The van der Waals surface area contributed by atoms with Gasteiger partial charge in [-0.15, -0.1) is 0 Å². The third kappa shape index (κ3) is 4.17. The monoisotopic (exact) mass is 454 g/mol. The van der Waals surface area contributed by atoms with Crippen LogP contribution in [0.15, 0.2) is 77.0 Å². The van der Waals surface area contributed by atoms with Crippen LogP contribution in [0.5, 0.6) is 5.75 Å². The van der Waals surface area contributed by atoms with Crippen LogP contribution in [0.3, 0.4) is 0 Å². The molecule has 0 spiro atoms. The van der Waals surface area contributed by atoms with E-state index in [-0.39, 0.29) is 29.7 Å². The molecule has 0 aliphatic heterocycles. The van der Waals surface area contributed by atoms with Crippen molar-refractivity contribution in [3.05, 3.63) is 84.2 Å².